The third-order valence-corrected chi connectivity index (χ3v) is 4.29. The van der Waals surface area contributed by atoms with Crippen LogP contribution in [0.3, 0.4) is 0 Å². The van der Waals surface area contributed by atoms with Gasteiger partial charge >= 0.3 is 6.18 Å². The summed E-state index contributed by atoms with van der Waals surface area (Å²) in [6.45, 7) is 1.76. The molecule has 0 fully saturated rings. The molecule has 22 heavy (non-hydrogen) atoms. The van der Waals surface area contributed by atoms with Crippen molar-refractivity contribution in [3.8, 4) is 11.1 Å². The molecule has 0 aliphatic heterocycles. The van der Waals surface area contributed by atoms with Crippen molar-refractivity contribution in [2.75, 3.05) is 6.26 Å². The third kappa shape index (κ3) is 4.10. The molecular formula is C16H14F3O2S. The van der Waals surface area contributed by atoms with Crippen molar-refractivity contribution in [1.82, 2.24) is 0 Å². The smallest absolute Gasteiger partial charge is 0.224 e. The van der Waals surface area contributed by atoms with Crippen LogP contribution in [-0.4, -0.2) is 20.8 Å². The highest BCUT2D eigenvalue weighted by Gasteiger charge is 2.28. The van der Waals surface area contributed by atoms with Gasteiger partial charge in [-0.1, -0.05) is 30.3 Å². The highest BCUT2D eigenvalue weighted by atomic mass is 32.2. The van der Waals surface area contributed by atoms with Crippen LogP contribution in [0.2, 0.25) is 0 Å². The molecule has 0 saturated carbocycles. The van der Waals surface area contributed by atoms with Gasteiger partial charge in [0.25, 0.3) is 0 Å². The molecule has 0 aliphatic carbocycles. The normalized spacial score (nSPS) is 12.4. The summed E-state index contributed by atoms with van der Waals surface area (Å²) in [6, 6.07) is 10.6. The minimum absolute atomic E-state index is 0.0710. The molecule has 0 atom stereocenters. The minimum atomic E-state index is -4.35. The summed E-state index contributed by atoms with van der Waals surface area (Å²) in [7, 11) is -3.28. The standard InChI is InChI=1S/C16H14F3O2S/c1-11-9-14(22(2,20)21)7-8-15(11)13-5-3-12(4-6-13)10-16(17,18)19/h3-10H,1-2H3. The molecule has 0 bridgehead atoms. The van der Waals surface area contributed by atoms with E-state index in [0.29, 0.717) is 0 Å². The molecule has 6 heteroatoms. The van der Waals surface area contributed by atoms with Crippen LogP contribution in [0.4, 0.5) is 13.2 Å². The zero-order valence-electron chi connectivity index (χ0n) is 12.0. The number of benzene rings is 2. The molecule has 0 unspecified atom stereocenters. The Labute approximate surface area is 127 Å². The summed E-state index contributed by atoms with van der Waals surface area (Å²) in [5, 5.41) is 0. The molecule has 0 aliphatic rings. The summed E-state index contributed by atoms with van der Waals surface area (Å²) in [5.74, 6) is 0. The Morgan fingerprint density at radius 1 is 1.00 bits per heavy atom. The van der Waals surface area contributed by atoms with E-state index in [1.165, 1.54) is 18.2 Å². The summed E-state index contributed by atoms with van der Waals surface area (Å²) in [6.07, 6.45) is -2.99. The van der Waals surface area contributed by atoms with Crippen LogP contribution in [0.5, 0.6) is 0 Å². The molecular weight excluding hydrogens is 313 g/mol. The Balaban J connectivity index is 2.33. The van der Waals surface area contributed by atoms with E-state index in [1.54, 1.807) is 31.2 Å². The lowest BCUT2D eigenvalue weighted by Gasteiger charge is -2.10. The fourth-order valence-corrected chi connectivity index (χ4v) is 2.84. The van der Waals surface area contributed by atoms with Crippen molar-refractivity contribution in [2.24, 2.45) is 0 Å². The molecule has 2 rings (SSSR count). The molecule has 0 N–H and O–H groups in total. The number of sulfone groups is 1. The number of rotatable bonds is 3. The van der Waals surface area contributed by atoms with E-state index < -0.39 is 16.0 Å². The van der Waals surface area contributed by atoms with Crippen LogP contribution in [0.15, 0.2) is 47.4 Å². The zero-order valence-corrected chi connectivity index (χ0v) is 12.8. The Hall–Kier alpha value is -1.82. The Kier molecular flexibility index (Phi) is 4.33. The van der Waals surface area contributed by atoms with Gasteiger partial charge in [0.2, 0.25) is 0 Å². The van der Waals surface area contributed by atoms with E-state index in [1.807, 2.05) is 0 Å². The first-order valence-corrected chi connectivity index (χ1v) is 8.29. The van der Waals surface area contributed by atoms with Crippen LogP contribution >= 0.6 is 0 Å². The van der Waals surface area contributed by atoms with Gasteiger partial charge in [-0.25, -0.2) is 8.42 Å². The maximum atomic E-state index is 12.3. The Morgan fingerprint density at radius 3 is 2.05 bits per heavy atom. The van der Waals surface area contributed by atoms with Crippen LogP contribution in [-0.2, 0) is 9.84 Å². The van der Waals surface area contributed by atoms with Crippen LogP contribution in [0, 0.1) is 13.3 Å². The van der Waals surface area contributed by atoms with Gasteiger partial charge < -0.3 is 0 Å². The molecule has 117 valence electrons. The second-order valence-electron chi connectivity index (χ2n) is 5.06. The minimum Gasteiger partial charge on any atom is -0.224 e. The van der Waals surface area contributed by atoms with E-state index in [0.717, 1.165) is 22.9 Å². The first-order valence-electron chi connectivity index (χ1n) is 6.40. The van der Waals surface area contributed by atoms with Gasteiger partial charge in [0.05, 0.1) is 11.3 Å². The SMILES string of the molecule is Cc1cc(S(C)(=O)=O)ccc1-c1ccc([CH]C(F)(F)F)cc1. The molecule has 2 aromatic carbocycles. The molecule has 0 heterocycles. The molecule has 2 nitrogen and oxygen atoms in total. The predicted octanol–water partition coefficient (Wildman–Crippen LogP) is 4.18. The monoisotopic (exact) mass is 327 g/mol. The van der Waals surface area contributed by atoms with Gasteiger partial charge in [-0.3, -0.25) is 0 Å². The fourth-order valence-electron chi connectivity index (χ4n) is 2.14. The lowest BCUT2D eigenvalue weighted by molar-refractivity contribution is -0.0927. The van der Waals surface area contributed by atoms with E-state index in [4.69, 9.17) is 0 Å². The maximum absolute atomic E-state index is 12.3. The second-order valence-corrected chi connectivity index (χ2v) is 7.07. The lowest BCUT2D eigenvalue weighted by atomic mass is 9.99. The number of alkyl halides is 3. The number of aryl methyl sites for hydroxylation is 1. The summed E-state index contributed by atoms with van der Waals surface area (Å²) >= 11 is 0. The molecule has 0 aromatic heterocycles. The Bertz CT molecular complexity index is 776. The van der Waals surface area contributed by atoms with Crippen molar-refractivity contribution in [3.63, 3.8) is 0 Å². The first kappa shape index (κ1) is 16.5. The fraction of sp³-hybridized carbons (Fsp3) is 0.188. The summed E-state index contributed by atoms with van der Waals surface area (Å²) in [5.41, 5.74) is 2.33. The molecule has 0 amide bonds. The highest BCUT2D eigenvalue weighted by molar-refractivity contribution is 7.90. The average molecular weight is 327 g/mol. The topological polar surface area (TPSA) is 34.1 Å². The van der Waals surface area contributed by atoms with E-state index in [2.05, 4.69) is 0 Å². The molecule has 2 aromatic rings. The first-order chi connectivity index (χ1) is 10.1. The van der Waals surface area contributed by atoms with Gasteiger partial charge in [0.1, 0.15) is 0 Å². The van der Waals surface area contributed by atoms with E-state index in [9.17, 15) is 21.6 Å². The van der Waals surface area contributed by atoms with Crippen molar-refractivity contribution < 1.29 is 21.6 Å². The van der Waals surface area contributed by atoms with Gasteiger partial charge in [-0.15, -0.1) is 0 Å². The lowest BCUT2D eigenvalue weighted by Crippen LogP contribution is -2.08. The van der Waals surface area contributed by atoms with Crippen molar-refractivity contribution in [2.45, 2.75) is 18.0 Å². The Morgan fingerprint density at radius 2 is 1.59 bits per heavy atom. The van der Waals surface area contributed by atoms with Crippen molar-refractivity contribution >= 4 is 9.84 Å². The number of hydrogen-bond acceptors (Lipinski definition) is 2. The van der Waals surface area contributed by atoms with Gasteiger partial charge in [0, 0.05) is 6.26 Å². The van der Waals surface area contributed by atoms with E-state index >= 15 is 0 Å². The molecule has 0 spiro atoms. The largest absolute Gasteiger partial charge is 0.396 e. The highest BCUT2D eigenvalue weighted by Crippen LogP contribution is 2.28. The average Bonchev–Trinajstić information content (AvgIpc) is 2.37. The third-order valence-electron chi connectivity index (χ3n) is 3.18. The van der Waals surface area contributed by atoms with Crippen LogP contribution < -0.4 is 0 Å². The summed E-state index contributed by atoms with van der Waals surface area (Å²) in [4.78, 5) is 0.218. The van der Waals surface area contributed by atoms with E-state index in [-0.39, 0.29) is 16.9 Å². The van der Waals surface area contributed by atoms with Crippen molar-refractivity contribution in [1.29, 1.82) is 0 Å². The predicted molar refractivity (Wildman–Crippen MR) is 79.2 cm³/mol. The van der Waals surface area contributed by atoms with Gasteiger partial charge in [-0.2, -0.15) is 13.2 Å². The summed E-state index contributed by atoms with van der Waals surface area (Å²) < 4.78 is 59.8. The maximum Gasteiger partial charge on any atom is 0.396 e. The van der Waals surface area contributed by atoms with Gasteiger partial charge in [-0.05, 0) is 41.3 Å². The quantitative estimate of drug-likeness (QED) is 0.847. The van der Waals surface area contributed by atoms with Gasteiger partial charge in [0.15, 0.2) is 9.84 Å². The van der Waals surface area contributed by atoms with Crippen molar-refractivity contribution in [3.05, 3.63) is 60.0 Å². The molecule has 0 saturated heterocycles. The van der Waals surface area contributed by atoms with Crippen LogP contribution in [0.25, 0.3) is 11.1 Å². The molecule has 1 radical (unpaired) electrons. The van der Waals surface area contributed by atoms with Crippen LogP contribution in [0.1, 0.15) is 11.1 Å². The zero-order chi connectivity index (χ0) is 16.5. The number of halogens is 3. The number of hydrogen-bond donors (Lipinski definition) is 0. The second kappa shape index (κ2) is 5.76.